The van der Waals surface area contributed by atoms with E-state index in [4.69, 9.17) is 0 Å². The molecule has 0 fully saturated rings. The van der Waals surface area contributed by atoms with E-state index in [2.05, 4.69) is 0 Å². The van der Waals surface area contributed by atoms with Gasteiger partial charge in [-0.2, -0.15) is 0 Å². The van der Waals surface area contributed by atoms with Crippen molar-refractivity contribution >= 4 is 23.0 Å². The van der Waals surface area contributed by atoms with E-state index >= 15 is 0 Å². The number of benzene rings is 2. The standard InChI is InChI=1S/C17H17N3O3/c1-18(2)14-5-3-4-13(10-14)17(21)19-9-8-12-6-7-15(20(22)23)11-16(12)19/h3-7,10-11H,8-9H2,1-2H3. The average molecular weight is 311 g/mol. The van der Waals surface area contributed by atoms with Crippen LogP contribution in [0, 0.1) is 10.1 Å². The maximum absolute atomic E-state index is 12.8. The zero-order valence-electron chi connectivity index (χ0n) is 13.0. The minimum Gasteiger partial charge on any atom is -0.378 e. The van der Waals surface area contributed by atoms with Gasteiger partial charge < -0.3 is 9.80 Å². The smallest absolute Gasteiger partial charge is 0.271 e. The lowest BCUT2D eigenvalue weighted by Gasteiger charge is -2.19. The maximum Gasteiger partial charge on any atom is 0.271 e. The highest BCUT2D eigenvalue weighted by Gasteiger charge is 2.27. The molecule has 2 aromatic rings. The first-order chi connectivity index (χ1) is 11.0. The highest BCUT2D eigenvalue weighted by Crippen LogP contribution is 2.33. The molecule has 1 aliphatic heterocycles. The molecule has 0 unspecified atom stereocenters. The lowest BCUT2D eigenvalue weighted by atomic mass is 10.1. The second-order valence-electron chi connectivity index (χ2n) is 5.72. The van der Waals surface area contributed by atoms with Gasteiger partial charge in [-0.1, -0.05) is 12.1 Å². The summed E-state index contributed by atoms with van der Waals surface area (Å²) < 4.78 is 0. The number of rotatable bonds is 3. The van der Waals surface area contributed by atoms with Gasteiger partial charge >= 0.3 is 0 Å². The summed E-state index contributed by atoms with van der Waals surface area (Å²) in [7, 11) is 3.83. The van der Waals surface area contributed by atoms with Crippen LogP contribution in [0.15, 0.2) is 42.5 Å². The van der Waals surface area contributed by atoms with Crippen LogP contribution in [0.25, 0.3) is 0 Å². The van der Waals surface area contributed by atoms with Crippen molar-refractivity contribution in [1.82, 2.24) is 0 Å². The number of anilines is 2. The monoisotopic (exact) mass is 311 g/mol. The van der Waals surface area contributed by atoms with Crippen LogP contribution in [-0.4, -0.2) is 31.5 Å². The second kappa shape index (κ2) is 5.72. The van der Waals surface area contributed by atoms with Crippen LogP contribution >= 0.6 is 0 Å². The van der Waals surface area contributed by atoms with Gasteiger partial charge in [-0.05, 0) is 30.2 Å². The van der Waals surface area contributed by atoms with Gasteiger partial charge in [-0.15, -0.1) is 0 Å². The van der Waals surface area contributed by atoms with E-state index in [9.17, 15) is 14.9 Å². The average Bonchev–Trinajstić information content (AvgIpc) is 2.97. The first-order valence-electron chi connectivity index (χ1n) is 7.34. The molecule has 1 amide bonds. The van der Waals surface area contributed by atoms with E-state index in [-0.39, 0.29) is 11.6 Å². The molecule has 1 aliphatic rings. The predicted octanol–water partition coefficient (Wildman–Crippen LogP) is 2.86. The summed E-state index contributed by atoms with van der Waals surface area (Å²) in [6.07, 6.45) is 0.715. The predicted molar refractivity (Wildman–Crippen MR) is 89.2 cm³/mol. The van der Waals surface area contributed by atoms with E-state index < -0.39 is 4.92 Å². The molecular formula is C17H17N3O3. The van der Waals surface area contributed by atoms with Gasteiger partial charge in [0, 0.05) is 44.0 Å². The van der Waals surface area contributed by atoms with Crippen molar-refractivity contribution in [2.45, 2.75) is 6.42 Å². The van der Waals surface area contributed by atoms with Gasteiger partial charge in [0.25, 0.3) is 11.6 Å². The lowest BCUT2D eigenvalue weighted by molar-refractivity contribution is -0.384. The molecule has 0 spiro atoms. The third kappa shape index (κ3) is 2.75. The van der Waals surface area contributed by atoms with Crippen molar-refractivity contribution in [1.29, 1.82) is 0 Å². The number of carbonyl (C=O) groups is 1. The molecule has 0 aromatic heterocycles. The SMILES string of the molecule is CN(C)c1cccc(C(=O)N2CCc3ccc([N+](=O)[O-])cc32)c1. The molecular weight excluding hydrogens is 294 g/mol. The summed E-state index contributed by atoms with van der Waals surface area (Å²) in [6.45, 7) is 0.543. The third-order valence-electron chi connectivity index (χ3n) is 4.03. The van der Waals surface area contributed by atoms with E-state index in [0.29, 0.717) is 24.2 Å². The third-order valence-corrected chi connectivity index (χ3v) is 4.03. The van der Waals surface area contributed by atoms with Crippen molar-refractivity contribution in [2.24, 2.45) is 0 Å². The summed E-state index contributed by atoms with van der Waals surface area (Å²) in [5.74, 6) is -0.132. The van der Waals surface area contributed by atoms with Crippen molar-refractivity contribution in [2.75, 3.05) is 30.4 Å². The van der Waals surface area contributed by atoms with Crippen LogP contribution < -0.4 is 9.80 Å². The highest BCUT2D eigenvalue weighted by molar-refractivity contribution is 6.07. The van der Waals surface area contributed by atoms with E-state index in [1.807, 2.05) is 37.2 Å². The van der Waals surface area contributed by atoms with E-state index in [1.54, 1.807) is 17.0 Å². The van der Waals surface area contributed by atoms with Gasteiger partial charge in [0.15, 0.2) is 0 Å². The molecule has 0 N–H and O–H groups in total. The molecule has 0 radical (unpaired) electrons. The van der Waals surface area contributed by atoms with Crippen LogP contribution in [0.3, 0.4) is 0 Å². The van der Waals surface area contributed by atoms with Gasteiger partial charge in [-0.25, -0.2) is 0 Å². The number of nitro benzene ring substituents is 1. The number of nitro groups is 1. The van der Waals surface area contributed by atoms with E-state index in [0.717, 1.165) is 11.3 Å². The molecule has 0 atom stereocenters. The number of amides is 1. The van der Waals surface area contributed by atoms with Crippen LogP contribution in [0.2, 0.25) is 0 Å². The molecule has 6 heteroatoms. The Morgan fingerprint density at radius 1 is 1.22 bits per heavy atom. The Balaban J connectivity index is 1.96. The zero-order chi connectivity index (χ0) is 16.6. The fourth-order valence-electron chi connectivity index (χ4n) is 2.77. The number of hydrogen-bond donors (Lipinski definition) is 0. The van der Waals surface area contributed by atoms with Crippen molar-refractivity contribution < 1.29 is 9.72 Å². The summed E-state index contributed by atoms with van der Waals surface area (Å²) in [4.78, 5) is 26.9. The van der Waals surface area contributed by atoms with E-state index in [1.165, 1.54) is 12.1 Å². The maximum atomic E-state index is 12.8. The van der Waals surface area contributed by atoms with Crippen LogP contribution in [-0.2, 0) is 6.42 Å². The lowest BCUT2D eigenvalue weighted by Crippen LogP contribution is -2.29. The fourth-order valence-corrected chi connectivity index (χ4v) is 2.77. The molecule has 3 rings (SSSR count). The molecule has 0 saturated heterocycles. The Hall–Kier alpha value is -2.89. The molecule has 118 valence electrons. The summed E-state index contributed by atoms with van der Waals surface area (Å²) >= 11 is 0. The molecule has 23 heavy (non-hydrogen) atoms. The summed E-state index contributed by atoms with van der Waals surface area (Å²) in [6, 6.07) is 12.1. The molecule has 0 saturated carbocycles. The molecule has 0 aliphatic carbocycles. The Kier molecular flexibility index (Phi) is 3.73. The van der Waals surface area contributed by atoms with Gasteiger partial charge in [0.05, 0.1) is 10.6 Å². The summed E-state index contributed by atoms with van der Waals surface area (Å²) in [5.41, 5.74) is 3.13. The minimum absolute atomic E-state index is 0.00509. The Bertz CT molecular complexity index is 786. The first-order valence-corrected chi connectivity index (χ1v) is 7.34. The number of carbonyl (C=O) groups excluding carboxylic acids is 1. The highest BCUT2D eigenvalue weighted by atomic mass is 16.6. The second-order valence-corrected chi connectivity index (χ2v) is 5.72. The van der Waals surface area contributed by atoms with Crippen LogP contribution in [0.5, 0.6) is 0 Å². The molecule has 6 nitrogen and oxygen atoms in total. The van der Waals surface area contributed by atoms with Gasteiger partial charge in [0.2, 0.25) is 0 Å². The van der Waals surface area contributed by atoms with Crippen molar-refractivity contribution in [3.63, 3.8) is 0 Å². The van der Waals surface area contributed by atoms with Crippen LogP contribution in [0.1, 0.15) is 15.9 Å². The number of non-ortho nitro benzene ring substituents is 1. The quantitative estimate of drug-likeness (QED) is 0.646. The summed E-state index contributed by atoms with van der Waals surface area (Å²) in [5, 5.41) is 11.0. The molecule has 2 aromatic carbocycles. The van der Waals surface area contributed by atoms with Crippen LogP contribution in [0.4, 0.5) is 17.1 Å². The topological polar surface area (TPSA) is 66.7 Å². The van der Waals surface area contributed by atoms with Crippen molar-refractivity contribution in [3.8, 4) is 0 Å². The Morgan fingerprint density at radius 3 is 2.70 bits per heavy atom. The fraction of sp³-hybridized carbons (Fsp3) is 0.235. The Morgan fingerprint density at radius 2 is 2.00 bits per heavy atom. The zero-order valence-corrected chi connectivity index (χ0v) is 13.0. The first kappa shape index (κ1) is 15.0. The number of fused-ring (bicyclic) bond motifs is 1. The number of nitrogens with zero attached hydrogens (tertiary/aromatic N) is 3. The normalized spacial score (nSPS) is 12.9. The number of hydrogen-bond acceptors (Lipinski definition) is 4. The minimum atomic E-state index is -0.437. The Labute approximate surface area is 134 Å². The molecule has 0 bridgehead atoms. The van der Waals surface area contributed by atoms with Crippen molar-refractivity contribution in [3.05, 3.63) is 63.7 Å². The van der Waals surface area contributed by atoms with Gasteiger partial charge in [-0.3, -0.25) is 14.9 Å². The molecule has 1 heterocycles. The largest absolute Gasteiger partial charge is 0.378 e. The van der Waals surface area contributed by atoms with Gasteiger partial charge in [0.1, 0.15) is 0 Å².